The van der Waals surface area contributed by atoms with E-state index in [0.717, 1.165) is 30.2 Å². The molecule has 3 aromatic rings. The Kier molecular flexibility index (Phi) is 3.04. The van der Waals surface area contributed by atoms with Crippen LogP contribution in [0.1, 0.15) is 44.3 Å². The molecule has 3 heterocycles. The van der Waals surface area contributed by atoms with Crippen LogP contribution in [0.5, 0.6) is 0 Å². The topological polar surface area (TPSA) is 99.6 Å². The normalized spacial score (nSPS) is 22.6. The third-order valence-corrected chi connectivity index (χ3v) is 4.84. The van der Waals surface area contributed by atoms with E-state index in [1.807, 2.05) is 10.6 Å². The van der Waals surface area contributed by atoms with Crippen LogP contribution in [0.3, 0.4) is 0 Å². The van der Waals surface area contributed by atoms with Gasteiger partial charge in [0.2, 0.25) is 0 Å². The predicted molar refractivity (Wildman–Crippen MR) is 82.6 cm³/mol. The number of rotatable bonds is 2. The van der Waals surface area contributed by atoms with Gasteiger partial charge in [0, 0.05) is 17.1 Å². The maximum Gasteiger partial charge on any atom is 0.328 e. The van der Waals surface area contributed by atoms with Crippen LogP contribution in [-0.2, 0) is 6.61 Å². The molecule has 22 heavy (non-hydrogen) atoms. The van der Waals surface area contributed by atoms with Crippen LogP contribution >= 0.6 is 0 Å². The number of nitrogens with zero attached hydrogens (tertiary/aromatic N) is 3. The number of nitrogens with one attached hydrogen (secondary N) is 2. The Labute approximate surface area is 126 Å². The molecule has 0 radical (unpaired) electrons. The molecule has 2 unspecified atom stereocenters. The molecule has 3 aromatic heterocycles. The van der Waals surface area contributed by atoms with E-state index in [1.165, 1.54) is 6.42 Å². The number of aromatic amines is 2. The van der Waals surface area contributed by atoms with Gasteiger partial charge in [0.05, 0.1) is 6.61 Å². The van der Waals surface area contributed by atoms with Gasteiger partial charge < -0.3 is 10.1 Å². The quantitative estimate of drug-likeness (QED) is 0.672. The number of fused-ring (bicyclic) bond motifs is 3. The summed E-state index contributed by atoms with van der Waals surface area (Å²) in [7, 11) is 0. The van der Waals surface area contributed by atoms with Crippen LogP contribution in [0.2, 0.25) is 0 Å². The number of H-pyrrole nitrogens is 2. The fraction of sp³-hybridized carbons (Fsp3) is 0.533. The molecule has 0 aliphatic heterocycles. The molecular formula is C15H19N5O2. The zero-order valence-electron chi connectivity index (χ0n) is 12.5. The minimum absolute atomic E-state index is 0.0909. The molecule has 0 spiro atoms. The highest BCUT2D eigenvalue weighted by Gasteiger charge is 2.27. The average Bonchev–Trinajstić information content (AvgIpc) is 3.07. The monoisotopic (exact) mass is 301 g/mol. The minimum Gasteiger partial charge on any atom is -0.390 e. The van der Waals surface area contributed by atoms with Crippen molar-refractivity contribution in [3.05, 3.63) is 22.2 Å². The van der Waals surface area contributed by atoms with E-state index in [0.29, 0.717) is 22.9 Å². The van der Waals surface area contributed by atoms with Crippen LogP contribution in [0.4, 0.5) is 0 Å². The fourth-order valence-electron chi connectivity index (χ4n) is 3.71. The fourth-order valence-corrected chi connectivity index (χ4v) is 3.71. The number of imidazole rings is 1. The Balaban J connectivity index is 2.02. The van der Waals surface area contributed by atoms with Gasteiger partial charge in [0.15, 0.2) is 11.3 Å². The summed E-state index contributed by atoms with van der Waals surface area (Å²) in [6.45, 7) is 2.11. The van der Waals surface area contributed by atoms with E-state index in [4.69, 9.17) is 0 Å². The summed E-state index contributed by atoms with van der Waals surface area (Å²) in [6, 6.07) is 2.04. The van der Waals surface area contributed by atoms with Gasteiger partial charge in [0.25, 0.3) is 0 Å². The van der Waals surface area contributed by atoms with Crippen LogP contribution in [0.15, 0.2) is 10.9 Å². The lowest BCUT2D eigenvalue weighted by molar-refractivity contribution is 0.258. The number of aliphatic hydroxyl groups excluding tert-OH is 1. The van der Waals surface area contributed by atoms with Crippen molar-refractivity contribution in [1.29, 1.82) is 0 Å². The highest BCUT2D eigenvalue weighted by atomic mass is 16.3. The van der Waals surface area contributed by atoms with E-state index in [1.54, 1.807) is 0 Å². The van der Waals surface area contributed by atoms with Crippen molar-refractivity contribution in [3.63, 3.8) is 0 Å². The lowest BCUT2D eigenvalue weighted by atomic mass is 9.85. The maximum atomic E-state index is 12.5. The zero-order valence-corrected chi connectivity index (χ0v) is 12.5. The van der Waals surface area contributed by atoms with Crippen molar-refractivity contribution in [3.8, 4) is 0 Å². The Morgan fingerprint density at radius 3 is 2.82 bits per heavy atom. The summed E-state index contributed by atoms with van der Waals surface area (Å²) in [4.78, 5) is 18.3. The van der Waals surface area contributed by atoms with E-state index in [-0.39, 0.29) is 18.3 Å². The molecule has 116 valence electrons. The second-order valence-corrected chi connectivity index (χ2v) is 6.24. The second-order valence-electron chi connectivity index (χ2n) is 6.24. The van der Waals surface area contributed by atoms with E-state index >= 15 is 0 Å². The molecule has 1 aliphatic carbocycles. The molecule has 0 amide bonds. The number of aromatic nitrogens is 5. The zero-order chi connectivity index (χ0) is 15.3. The molecule has 2 atom stereocenters. The molecule has 0 saturated heterocycles. The van der Waals surface area contributed by atoms with Crippen LogP contribution in [0, 0.1) is 5.92 Å². The van der Waals surface area contributed by atoms with Gasteiger partial charge in [-0.3, -0.25) is 9.55 Å². The Morgan fingerprint density at radius 2 is 2.05 bits per heavy atom. The Bertz CT molecular complexity index is 890. The highest BCUT2D eigenvalue weighted by molar-refractivity contribution is 5.99. The average molecular weight is 301 g/mol. The first-order chi connectivity index (χ1) is 10.7. The molecular weight excluding hydrogens is 282 g/mol. The first kappa shape index (κ1) is 13.5. The molecule has 1 saturated carbocycles. The van der Waals surface area contributed by atoms with Crippen LogP contribution < -0.4 is 5.69 Å². The van der Waals surface area contributed by atoms with Gasteiger partial charge in [-0.15, -0.1) is 10.2 Å². The van der Waals surface area contributed by atoms with Crippen LogP contribution in [0.25, 0.3) is 22.2 Å². The maximum absolute atomic E-state index is 12.5. The molecule has 7 heteroatoms. The highest BCUT2D eigenvalue weighted by Crippen LogP contribution is 2.35. The molecule has 3 N–H and O–H groups in total. The summed E-state index contributed by atoms with van der Waals surface area (Å²) in [5, 5.41) is 18.4. The molecule has 4 rings (SSSR count). The molecule has 7 nitrogen and oxygen atoms in total. The molecule has 0 bridgehead atoms. The minimum atomic E-state index is -0.123. The van der Waals surface area contributed by atoms with Gasteiger partial charge >= 0.3 is 5.69 Å². The molecule has 1 aliphatic rings. The van der Waals surface area contributed by atoms with Gasteiger partial charge in [-0.1, -0.05) is 19.8 Å². The van der Waals surface area contributed by atoms with Gasteiger partial charge in [-0.2, -0.15) is 0 Å². The van der Waals surface area contributed by atoms with Crippen molar-refractivity contribution in [2.24, 2.45) is 5.92 Å². The summed E-state index contributed by atoms with van der Waals surface area (Å²) < 4.78 is 1.85. The molecule has 0 aromatic carbocycles. The summed E-state index contributed by atoms with van der Waals surface area (Å²) in [5.41, 5.74) is 2.47. The third-order valence-electron chi connectivity index (χ3n) is 4.84. The SMILES string of the molecule is CC1CCCCC1n1c(=O)[nH]c2nnc3[nH]c(CO)cc3c21. The van der Waals surface area contributed by atoms with E-state index < -0.39 is 0 Å². The van der Waals surface area contributed by atoms with Gasteiger partial charge in [-0.25, -0.2) is 4.79 Å². The Morgan fingerprint density at radius 1 is 1.27 bits per heavy atom. The van der Waals surface area contributed by atoms with E-state index in [9.17, 15) is 9.90 Å². The van der Waals surface area contributed by atoms with Crippen molar-refractivity contribution in [2.75, 3.05) is 0 Å². The van der Waals surface area contributed by atoms with Crippen molar-refractivity contribution < 1.29 is 5.11 Å². The first-order valence-electron chi connectivity index (χ1n) is 7.78. The van der Waals surface area contributed by atoms with E-state index in [2.05, 4.69) is 27.1 Å². The number of hydrogen-bond acceptors (Lipinski definition) is 4. The first-order valence-corrected chi connectivity index (χ1v) is 7.78. The van der Waals surface area contributed by atoms with Crippen molar-refractivity contribution in [2.45, 2.75) is 45.3 Å². The molecule has 1 fully saturated rings. The largest absolute Gasteiger partial charge is 0.390 e. The second kappa shape index (κ2) is 4.95. The predicted octanol–water partition coefficient (Wildman–Crippen LogP) is 1.84. The summed E-state index contributed by atoms with van der Waals surface area (Å²) in [5.74, 6) is 0.463. The summed E-state index contributed by atoms with van der Waals surface area (Å²) >= 11 is 0. The summed E-state index contributed by atoms with van der Waals surface area (Å²) in [6.07, 6.45) is 4.52. The third kappa shape index (κ3) is 1.89. The number of aliphatic hydroxyl groups is 1. The lowest BCUT2D eigenvalue weighted by Gasteiger charge is -2.29. The van der Waals surface area contributed by atoms with Crippen LogP contribution in [-0.4, -0.2) is 29.8 Å². The van der Waals surface area contributed by atoms with Gasteiger partial charge in [0.1, 0.15) is 5.52 Å². The van der Waals surface area contributed by atoms with Crippen molar-refractivity contribution >= 4 is 22.2 Å². The number of hydrogen-bond donors (Lipinski definition) is 3. The lowest BCUT2D eigenvalue weighted by Crippen LogP contribution is -2.28. The smallest absolute Gasteiger partial charge is 0.328 e. The van der Waals surface area contributed by atoms with Gasteiger partial charge in [-0.05, 0) is 24.8 Å². The van der Waals surface area contributed by atoms with Crippen molar-refractivity contribution in [1.82, 2.24) is 24.7 Å². The standard InChI is InChI=1S/C15H19N5O2/c1-8-4-2-3-5-11(8)20-12-10-6-9(7-21)16-13(10)18-19-14(12)17-15(20)22/h6,8,11,21H,2-5,7H2,1H3,(H,16,18)(H,17,19,22). The Hall–Kier alpha value is -2.15.